The summed E-state index contributed by atoms with van der Waals surface area (Å²) in [6.45, 7) is 1.97. The monoisotopic (exact) mass is 310 g/mol. The van der Waals surface area contributed by atoms with Crippen molar-refractivity contribution in [3.05, 3.63) is 70.9 Å². The number of hydrogen-bond acceptors (Lipinski definition) is 1. The van der Waals surface area contributed by atoms with E-state index in [1.807, 2.05) is 6.07 Å². The molecular formula is C19H19ClN2. The Labute approximate surface area is 135 Å². The summed E-state index contributed by atoms with van der Waals surface area (Å²) in [6, 6.07) is 19.6. The molecule has 3 aromatic rings. The maximum Gasteiger partial charge on any atom is 0.0484 e. The Kier molecular flexibility index (Phi) is 3.65. The van der Waals surface area contributed by atoms with Crippen LogP contribution in [0.3, 0.4) is 0 Å². The van der Waals surface area contributed by atoms with Crippen molar-refractivity contribution in [2.45, 2.75) is 32.0 Å². The normalized spacial score (nSPS) is 17.6. The number of rotatable bonds is 3. The SMILES string of the molecule is Clc1ccc2c(c1)cc1n2C[C@@H](NCc2ccccc2)CC1. The fourth-order valence-corrected chi connectivity index (χ4v) is 3.56. The van der Waals surface area contributed by atoms with Gasteiger partial charge in [-0.05, 0) is 42.7 Å². The van der Waals surface area contributed by atoms with E-state index in [1.54, 1.807) is 0 Å². The summed E-state index contributed by atoms with van der Waals surface area (Å²) in [5.74, 6) is 0. The number of fused-ring (bicyclic) bond motifs is 3. The molecule has 112 valence electrons. The van der Waals surface area contributed by atoms with E-state index < -0.39 is 0 Å². The van der Waals surface area contributed by atoms with Gasteiger partial charge >= 0.3 is 0 Å². The highest BCUT2D eigenvalue weighted by Gasteiger charge is 2.20. The van der Waals surface area contributed by atoms with Gasteiger partial charge in [0, 0.05) is 40.8 Å². The van der Waals surface area contributed by atoms with E-state index >= 15 is 0 Å². The van der Waals surface area contributed by atoms with Crippen molar-refractivity contribution in [1.82, 2.24) is 9.88 Å². The molecule has 3 heteroatoms. The zero-order chi connectivity index (χ0) is 14.9. The van der Waals surface area contributed by atoms with Gasteiger partial charge < -0.3 is 9.88 Å². The van der Waals surface area contributed by atoms with Crippen molar-refractivity contribution >= 4 is 22.5 Å². The highest BCUT2D eigenvalue weighted by Crippen LogP contribution is 2.27. The molecule has 4 rings (SSSR count). The van der Waals surface area contributed by atoms with Gasteiger partial charge in [0.15, 0.2) is 0 Å². The molecule has 1 aromatic heterocycles. The van der Waals surface area contributed by atoms with Crippen LogP contribution in [0, 0.1) is 0 Å². The van der Waals surface area contributed by atoms with Gasteiger partial charge in [-0.2, -0.15) is 0 Å². The number of nitrogens with one attached hydrogen (secondary N) is 1. The van der Waals surface area contributed by atoms with E-state index in [1.165, 1.54) is 28.6 Å². The quantitative estimate of drug-likeness (QED) is 0.758. The van der Waals surface area contributed by atoms with E-state index in [0.29, 0.717) is 6.04 Å². The van der Waals surface area contributed by atoms with Gasteiger partial charge in [-0.25, -0.2) is 0 Å². The summed E-state index contributed by atoms with van der Waals surface area (Å²) in [6.07, 6.45) is 2.32. The summed E-state index contributed by atoms with van der Waals surface area (Å²) in [7, 11) is 0. The minimum Gasteiger partial charge on any atom is -0.343 e. The van der Waals surface area contributed by atoms with Gasteiger partial charge in [0.2, 0.25) is 0 Å². The first-order valence-electron chi connectivity index (χ1n) is 7.84. The molecule has 0 aliphatic carbocycles. The number of halogens is 1. The Morgan fingerprint density at radius 1 is 1.09 bits per heavy atom. The molecule has 2 aromatic carbocycles. The number of benzene rings is 2. The molecule has 22 heavy (non-hydrogen) atoms. The third-order valence-corrected chi connectivity index (χ3v) is 4.77. The first-order valence-corrected chi connectivity index (χ1v) is 8.22. The highest BCUT2D eigenvalue weighted by atomic mass is 35.5. The van der Waals surface area contributed by atoms with Crippen LogP contribution >= 0.6 is 11.6 Å². The molecule has 1 aliphatic heterocycles. The molecule has 0 saturated heterocycles. The molecule has 0 amide bonds. The van der Waals surface area contributed by atoms with Crippen molar-refractivity contribution < 1.29 is 0 Å². The van der Waals surface area contributed by atoms with Crippen LogP contribution in [0.25, 0.3) is 10.9 Å². The molecular weight excluding hydrogens is 292 g/mol. The summed E-state index contributed by atoms with van der Waals surface area (Å²) >= 11 is 6.11. The van der Waals surface area contributed by atoms with Crippen LogP contribution in [-0.2, 0) is 19.5 Å². The van der Waals surface area contributed by atoms with E-state index in [2.05, 4.69) is 58.4 Å². The molecule has 1 atom stereocenters. The van der Waals surface area contributed by atoms with Crippen molar-refractivity contribution in [3.8, 4) is 0 Å². The lowest BCUT2D eigenvalue weighted by Gasteiger charge is -2.26. The van der Waals surface area contributed by atoms with Gasteiger partial charge in [-0.15, -0.1) is 0 Å². The maximum atomic E-state index is 6.11. The number of hydrogen-bond donors (Lipinski definition) is 1. The van der Waals surface area contributed by atoms with Crippen molar-refractivity contribution in [2.75, 3.05) is 0 Å². The molecule has 0 bridgehead atoms. The lowest BCUT2D eigenvalue weighted by atomic mass is 10.0. The van der Waals surface area contributed by atoms with E-state index in [0.717, 1.165) is 24.5 Å². The van der Waals surface area contributed by atoms with Crippen LogP contribution in [-0.4, -0.2) is 10.6 Å². The van der Waals surface area contributed by atoms with E-state index in [-0.39, 0.29) is 0 Å². The maximum absolute atomic E-state index is 6.11. The van der Waals surface area contributed by atoms with Crippen LogP contribution < -0.4 is 5.32 Å². The summed E-state index contributed by atoms with van der Waals surface area (Å²) < 4.78 is 2.44. The van der Waals surface area contributed by atoms with Crippen LogP contribution in [0.1, 0.15) is 17.7 Å². The van der Waals surface area contributed by atoms with Crippen molar-refractivity contribution in [3.63, 3.8) is 0 Å². The predicted molar refractivity (Wildman–Crippen MR) is 92.3 cm³/mol. The Bertz CT molecular complexity index is 792. The lowest BCUT2D eigenvalue weighted by Crippen LogP contribution is -2.36. The second-order valence-electron chi connectivity index (χ2n) is 6.05. The minimum absolute atomic E-state index is 0.527. The second-order valence-corrected chi connectivity index (χ2v) is 6.49. The Morgan fingerprint density at radius 3 is 2.82 bits per heavy atom. The van der Waals surface area contributed by atoms with Gasteiger partial charge in [0.1, 0.15) is 0 Å². The Morgan fingerprint density at radius 2 is 1.95 bits per heavy atom. The molecule has 1 aliphatic rings. The fourth-order valence-electron chi connectivity index (χ4n) is 3.38. The van der Waals surface area contributed by atoms with Gasteiger partial charge in [0.05, 0.1) is 0 Å². The van der Waals surface area contributed by atoms with Gasteiger partial charge in [-0.1, -0.05) is 41.9 Å². The molecule has 0 radical (unpaired) electrons. The third-order valence-electron chi connectivity index (χ3n) is 4.54. The predicted octanol–water partition coefficient (Wildman–Crippen LogP) is 4.40. The smallest absolute Gasteiger partial charge is 0.0484 e. The molecule has 1 N–H and O–H groups in total. The Balaban J connectivity index is 1.52. The van der Waals surface area contributed by atoms with Crippen molar-refractivity contribution in [1.29, 1.82) is 0 Å². The summed E-state index contributed by atoms with van der Waals surface area (Å²) in [4.78, 5) is 0. The Hall–Kier alpha value is -1.77. The number of aromatic nitrogens is 1. The average Bonchev–Trinajstić information content (AvgIpc) is 2.90. The largest absolute Gasteiger partial charge is 0.343 e. The van der Waals surface area contributed by atoms with Crippen LogP contribution in [0.4, 0.5) is 0 Å². The second kappa shape index (κ2) is 5.79. The molecule has 0 fully saturated rings. The standard InChI is InChI=1S/C19H19ClN2/c20-16-6-9-19-15(10-16)11-18-8-7-17(13-22(18)19)21-12-14-4-2-1-3-5-14/h1-6,9-11,17,21H,7-8,12-13H2/t17-/m0/s1. The number of nitrogens with zero attached hydrogens (tertiary/aromatic N) is 1. The van der Waals surface area contributed by atoms with Gasteiger partial charge in [-0.3, -0.25) is 0 Å². The molecule has 2 heterocycles. The molecule has 2 nitrogen and oxygen atoms in total. The summed E-state index contributed by atoms with van der Waals surface area (Å²) in [5, 5.41) is 5.77. The van der Waals surface area contributed by atoms with E-state index in [9.17, 15) is 0 Å². The minimum atomic E-state index is 0.527. The van der Waals surface area contributed by atoms with Gasteiger partial charge in [0.25, 0.3) is 0 Å². The molecule has 0 saturated carbocycles. The summed E-state index contributed by atoms with van der Waals surface area (Å²) in [5.41, 5.74) is 4.07. The van der Waals surface area contributed by atoms with Crippen LogP contribution in [0.2, 0.25) is 5.02 Å². The number of aryl methyl sites for hydroxylation is 1. The van der Waals surface area contributed by atoms with Crippen LogP contribution in [0.5, 0.6) is 0 Å². The van der Waals surface area contributed by atoms with Crippen LogP contribution in [0.15, 0.2) is 54.6 Å². The van der Waals surface area contributed by atoms with Crippen molar-refractivity contribution in [2.24, 2.45) is 0 Å². The zero-order valence-corrected chi connectivity index (χ0v) is 13.2. The first-order chi connectivity index (χ1) is 10.8. The van der Waals surface area contributed by atoms with E-state index in [4.69, 9.17) is 11.6 Å². The highest BCUT2D eigenvalue weighted by molar-refractivity contribution is 6.31. The first kappa shape index (κ1) is 13.9. The average molecular weight is 311 g/mol. The third kappa shape index (κ3) is 2.65. The zero-order valence-electron chi connectivity index (χ0n) is 12.4. The molecule has 0 spiro atoms. The fraction of sp³-hybridized carbons (Fsp3) is 0.263. The topological polar surface area (TPSA) is 17.0 Å². The lowest BCUT2D eigenvalue weighted by molar-refractivity contribution is 0.389. The molecule has 0 unspecified atom stereocenters.